The zero-order valence-corrected chi connectivity index (χ0v) is 16.2. The van der Waals surface area contributed by atoms with Crippen LogP contribution in [0.5, 0.6) is 0 Å². The van der Waals surface area contributed by atoms with Crippen molar-refractivity contribution in [3.63, 3.8) is 0 Å². The van der Waals surface area contributed by atoms with Gasteiger partial charge in [0, 0.05) is 37.1 Å². The second-order valence-corrected chi connectivity index (χ2v) is 8.06. The van der Waals surface area contributed by atoms with Crippen molar-refractivity contribution in [2.75, 3.05) is 7.05 Å². The van der Waals surface area contributed by atoms with Crippen LogP contribution in [-0.2, 0) is 23.2 Å². The van der Waals surface area contributed by atoms with E-state index < -0.39 is 0 Å². The summed E-state index contributed by atoms with van der Waals surface area (Å²) in [6.45, 7) is 7.28. The number of hydrogen-bond donors (Lipinski definition) is 1. The van der Waals surface area contributed by atoms with Gasteiger partial charge in [0.2, 0.25) is 5.91 Å². The van der Waals surface area contributed by atoms with E-state index in [1.54, 1.807) is 0 Å². The molecule has 136 valence electrons. The SMILES string of the molecule is CN(Cc1ccc(C(C)(C)C)cc1)C(=O)CCc1c[nH]c2ccccc12. The Kier molecular flexibility index (Phi) is 5.17. The molecule has 1 aromatic heterocycles. The average Bonchev–Trinajstić information content (AvgIpc) is 3.02. The van der Waals surface area contributed by atoms with Gasteiger partial charge in [-0.05, 0) is 34.6 Å². The van der Waals surface area contributed by atoms with Gasteiger partial charge in [0.15, 0.2) is 0 Å². The van der Waals surface area contributed by atoms with Gasteiger partial charge in [-0.1, -0.05) is 63.2 Å². The molecule has 0 aliphatic rings. The first-order chi connectivity index (χ1) is 12.3. The van der Waals surface area contributed by atoms with Crippen molar-refractivity contribution in [3.05, 3.63) is 71.4 Å². The van der Waals surface area contributed by atoms with E-state index in [2.05, 4.69) is 62.2 Å². The minimum Gasteiger partial charge on any atom is -0.361 e. The fourth-order valence-corrected chi connectivity index (χ4v) is 3.24. The lowest BCUT2D eigenvalue weighted by atomic mass is 9.87. The second kappa shape index (κ2) is 7.36. The maximum absolute atomic E-state index is 12.5. The normalized spacial score (nSPS) is 11.7. The topological polar surface area (TPSA) is 36.1 Å². The first-order valence-electron chi connectivity index (χ1n) is 9.23. The van der Waals surface area contributed by atoms with Crippen LogP contribution in [0.2, 0.25) is 0 Å². The number of aromatic nitrogens is 1. The molecule has 0 atom stereocenters. The van der Waals surface area contributed by atoms with E-state index in [-0.39, 0.29) is 11.3 Å². The van der Waals surface area contributed by atoms with Crippen LogP contribution in [0.1, 0.15) is 43.9 Å². The minimum atomic E-state index is 0.152. The Morgan fingerprint density at radius 2 is 1.73 bits per heavy atom. The second-order valence-electron chi connectivity index (χ2n) is 8.06. The van der Waals surface area contributed by atoms with Gasteiger partial charge in [-0.2, -0.15) is 0 Å². The van der Waals surface area contributed by atoms with Crippen molar-refractivity contribution in [1.29, 1.82) is 0 Å². The molecule has 1 amide bonds. The molecule has 1 N–H and O–H groups in total. The van der Waals surface area contributed by atoms with Crippen LogP contribution in [0, 0.1) is 0 Å². The summed E-state index contributed by atoms with van der Waals surface area (Å²) in [5, 5.41) is 1.21. The smallest absolute Gasteiger partial charge is 0.222 e. The molecule has 3 rings (SSSR count). The van der Waals surface area contributed by atoms with Gasteiger partial charge in [-0.15, -0.1) is 0 Å². The quantitative estimate of drug-likeness (QED) is 0.687. The largest absolute Gasteiger partial charge is 0.361 e. The van der Waals surface area contributed by atoms with Crippen LogP contribution in [0.4, 0.5) is 0 Å². The third kappa shape index (κ3) is 4.16. The number of carbonyl (C=O) groups is 1. The Morgan fingerprint density at radius 3 is 2.42 bits per heavy atom. The predicted molar refractivity (Wildman–Crippen MR) is 108 cm³/mol. The number of para-hydroxylation sites is 1. The molecule has 0 spiro atoms. The third-order valence-electron chi connectivity index (χ3n) is 4.95. The summed E-state index contributed by atoms with van der Waals surface area (Å²) in [5.41, 5.74) is 4.97. The summed E-state index contributed by atoms with van der Waals surface area (Å²) in [5.74, 6) is 0.176. The Labute approximate surface area is 156 Å². The van der Waals surface area contributed by atoms with Gasteiger partial charge >= 0.3 is 0 Å². The summed E-state index contributed by atoms with van der Waals surface area (Å²) in [4.78, 5) is 17.6. The highest BCUT2D eigenvalue weighted by Crippen LogP contribution is 2.23. The Bertz CT molecular complexity index is 884. The molecule has 0 aliphatic carbocycles. The maximum atomic E-state index is 12.5. The molecule has 0 aliphatic heterocycles. The monoisotopic (exact) mass is 348 g/mol. The average molecular weight is 348 g/mol. The molecule has 0 radical (unpaired) electrons. The summed E-state index contributed by atoms with van der Waals surface area (Å²) in [7, 11) is 1.88. The number of aromatic amines is 1. The molecular formula is C23H28N2O. The van der Waals surface area contributed by atoms with Crippen molar-refractivity contribution < 1.29 is 4.79 Å². The number of nitrogens with one attached hydrogen (secondary N) is 1. The van der Waals surface area contributed by atoms with Crippen LogP contribution in [0.3, 0.4) is 0 Å². The molecule has 0 saturated carbocycles. The number of H-pyrrole nitrogens is 1. The summed E-state index contributed by atoms with van der Waals surface area (Å²) < 4.78 is 0. The molecule has 2 aromatic carbocycles. The van der Waals surface area contributed by atoms with E-state index in [0.717, 1.165) is 11.9 Å². The molecule has 3 aromatic rings. The highest BCUT2D eigenvalue weighted by atomic mass is 16.2. The number of amides is 1. The fourth-order valence-electron chi connectivity index (χ4n) is 3.24. The number of rotatable bonds is 5. The highest BCUT2D eigenvalue weighted by molar-refractivity contribution is 5.84. The lowest BCUT2D eigenvalue weighted by Crippen LogP contribution is -2.26. The van der Waals surface area contributed by atoms with Crippen LogP contribution in [-0.4, -0.2) is 22.8 Å². The van der Waals surface area contributed by atoms with Crippen LogP contribution in [0.25, 0.3) is 10.9 Å². The van der Waals surface area contributed by atoms with Gasteiger partial charge in [0.1, 0.15) is 0 Å². The van der Waals surface area contributed by atoms with E-state index in [1.807, 2.05) is 30.3 Å². The lowest BCUT2D eigenvalue weighted by molar-refractivity contribution is -0.130. The van der Waals surface area contributed by atoms with E-state index in [1.165, 1.54) is 22.1 Å². The van der Waals surface area contributed by atoms with E-state index in [0.29, 0.717) is 13.0 Å². The van der Waals surface area contributed by atoms with Gasteiger partial charge in [-0.3, -0.25) is 4.79 Å². The van der Waals surface area contributed by atoms with Crippen molar-refractivity contribution in [3.8, 4) is 0 Å². The molecule has 0 unspecified atom stereocenters. The molecular weight excluding hydrogens is 320 g/mol. The van der Waals surface area contributed by atoms with Crippen LogP contribution >= 0.6 is 0 Å². The van der Waals surface area contributed by atoms with E-state index in [9.17, 15) is 4.79 Å². The van der Waals surface area contributed by atoms with Crippen molar-refractivity contribution in [2.45, 2.75) is 45.6 Å². The molecule has 26 heavy (non-hydrogen) atoms. The third-order valence-corrected chi connectivity index (χ3v) is 4.95. The van der Waals surface area contributed by atoms with Crippen LogP contribution < -0.4 is 0 Å². The predicted octanol–water partition coefficient (Wildman–Crippen LogP) is 5.06. The lowest BCUT2D eigenvalue weighted by Gasteiger charge is -2.21. The van der Waals surface area contributed by atoms with Crippen molar-refractivity contribution >= 4 is 16.8 Å². The Hall–Kier alpha value is -2.55. The standard InChI is InChI=1S/C23H28N2O/c1-23(2,3)19-12-9-17(10-13-19)16-25(4)22(26)14-11-18-15-24-21-8-6-5-7-20(18)21/h5-10,12-13,15,24H,11,14,16H2,1-4H3. The molecule has 3 nitrogen and oxygen atoms in total. The van der Waals surface area contributed by atoms with Crippen molar-refractivity contribution in [1.82, 2.24) is 9.88 Å². The number of carbonyl (C=O) groups excluding carboxylic acids is 1. The minimum absolute atomic E-state index is 0.152. The van der Waals surface area contributed by atoms with Gasteiger partial charge in [0.05, 0.1) is 0 Å². The first-order valence-corrected chi connectivity index (χ1v) is 9.23. The zero-order chi connectivity index (χ0) is 18.7. The number of benzene rings is 2. The fraction of sp³-hybridized carbons (Fsp3) is 0.348. The molecule has 0 saturated heterocycles. The number of aryl methyl sites for hydroxylation is 1. The van der Waals surface area contributed by atoms with Crippen molar-refractivity contribution in [2.24, 2.45) is 0 Å². The van der Waals surface area contributed by atoms with Gasteiger partial charge < -0.3 is 9.88 Å². The molecule has 3 heteroatoms. The van der Waals surface area contributed by atoms with E-state index >= 15 is 0 Å². The molecule has 0 bridgehead atoms. The first kappa shape index (κ1) is 18.2. The Morgan fingerprint density at radius 1 is 1.04 bits per heavy atom. The van der Waals surface area contributed by atoms with Gasteiger partial charge in [-0.25, -0.2) is 0 Å². The summed E-state index contributed by atoms with van der Waals surface area (Å²) >= 11 is 0. The number of nitrogens with zero attached hydrogens (tertiary/aromatic N) is 1. The number of fused-ring (bicyclic) bond motifs is 1. The number of hydrogen-bond acceptors (Lipinski definition) is 1. The zero-order valence-electron chi connectivity index (χ0n) is 16.2. The molecule has 1 heterocycles. The summed E-state index contributed by atoms with van der Waals surface area (Å²) in [6.07, 6.45) is 3.30. The maximum Gasteiger partial charge on any atom is 0.222 e. The van der Waals surface area contributed by atoms with E-state index in [4.69, 9.17) is 0 Å². The molecule has 0 fully saturated rings. The summed E-state index contributed by atoms with van der Waals surface area (Å²) in [6, 6.07) is 16.8. The Balaban J connectivity index is 1.58. The highest BCUT2D eigenvalue weighted by Gasteiger charge is 2.14. The van der Waals surface area contributed by atoms with Gasteiger partial charge in [0.25, 0.3) is 0 Å². The van der Waals surface area contributed by atoms with Crippen LogP contribution in [0.15, 0.2) is 54.7 Å².